The Labute approximate surface area is 195 Å². The van der Waals surface area contributed by atoms with Crippen LogP contribution in [-0.4, -0.2) is 50.3 Å². The van der Waals surface area contributed by atoms with Gasteiger partial charge in [-0.3, -0.25) is 9.36 Å². The summed E-state index contributed by atoms with van der Waals surface area (Å²) >= 11 is 0. The SMILES string of the molecule is Cc1nc2n(c(=O)c1CCN1CCC(c3noc4cc(F)ccc34)CC1)CCCC2=CC(=O)O. The first-order chi connectivity index (χ1) is 16.4. The summed E-state index contributed by atoms with van der Waals surface area (Å²) in [5.74, 6) is -0.601. The van der Waals surface area contributed by atoms with Gasteiger partial charge in [-0.2, -0.15) is 0 Å². The molecule has 3 aromatic rings. The highest BCUT2D eigenvalue weighted by atomic mass is 19.1. The molecule has 0 saturated carbocycles. The van der Waals surface area contributed by atoms with Crippen molar-refractivity contribution in [3.8, 4) is 0 Å². The van der Waals surface area contributed by atoms with E-state index in [9.17, 15) is 14.0 Å². The number of likely N-dealkylation sites (tertiary alicyclic amines) is 1. The van der Waals surface area contributed by atoms with Gasteiger partial charge >= 0.3 is 5.97 Å². The topological polar surface area (TPSA) is 101 Å². The number of fused-ring (bicyclic) bond motifs is 2. The zero-order chi connectivity index (χ0) is 23.8. The molecule has 1 N–H and O–H groups in total. The van der Waals surface area contributed by atoms with Gasteiger partial charge in [-0.15, -0.1) is 0 Å². The lowest BCUT2D eigenvalue weighted by Gasteiger charge is -2.31. The van der Waals surface area contributed by atoms with Crippen LogP contribution in [0.1, 0.15) is 54.4 Å². The van der Waals surface area contributed by atoms with Gasteiger partial charge in [0.05, 0.1) is 5.69 Å². The molecule has 178 valence electrons. The van der Waals surface area contributed by atoms with E-state index in [2.05, 4.69) is 15.0 Å². The Balaban J connectivity index is 1.26. The van der Waals surface area contributed by atoms with E-state index in [1.54, 1.807) is 10.6 Å². The van der Waals surface area contributed by atoms with Crippen LogP contribution in [0.5, 0.6) is 0 Å². The molecule has 8 nitrogen and oxygen atoms in total. The van der Waals surface area contributed by atoms with Gasteiger partial charge in [-0.1, -0.05) is 5.16 Å². The lowest BCUT2D eigenvalue weighted by Crippen LogP contribution is -2.37. The second-order valence-corrected chi connectivity index (χ2v) is 9.14. The fraction of sp³-hybridized carbons (Fsp3) is 0.440. The number of aliphatic carboxylic acids is 1. The molecule has 0 unspecified atom stereocenters. The number of nitrogens with zero attached hydrogens (tertiary/aromatic N) is 4. The minimum Gasteiger partial charge on any atom is -0.478 e. The van der Waals surface area contributed by atoms with Crippen molar-refractivity contribution in [2.75, 3.05) is 19.6 Å². The van der Waals surface area contributed by atoms with Crippen LogP contribution in [0.3, 0.4) is 0 Å². The molecule has 1 saturated heterocycles. The summed E-state index contributed by atoms with van der Waals surface area (Å²) in [6.07, 6.45) is 4.95. The predicted molar refractivity (Wildman–Crippen MR) is 124 cm³/mol. The molecule has 2 aromatic heterocycles. The third-order valence-corrected chi connectivity index (χ3v) is 7.00. The summed E-state index contributed by atoms with van der Waals surface area (Å²) in [4.78, 5) is 31.3. The molecule has 1 aromatic carbocycles. The number of carboxylic acids is 1. The number of aromatic nitrogens is 3. The normalized spacial score (nSPS) is 18.5. The Bertz CT molecular complexity index is 1330. The standard InChI is InChI=1S/C25H27FN4O4/c1-15-19(25(33)30-9-2-3-17(13-22(31)32)24(30)27-15)8-12-29-10-6-16(7-11-29)23-20-5-4-18(26)14-21(20)34-28-23/h4-5,13-14,16H,2-3,6-12H2,1H3,(H,31,32). The summed E-state index contributed by atoms with van der Waals surface area (Å²) in [5, 5.41) is 14.2. The maximum atomic E-state index is 13.4. The van der Waals surface area contributed by atoms with Crippen LogP contribution in [0.25, 0.3) is 16.5 Å². The minimum atomic E-state index is -1.02. The number of piperidine rings is 1. The highest BCUT2D eigenvalue weighted by Crippen LogP contribution is 2.33. The minimum absolute atomic E-state index is 0.0605. The highest BCUT2D eigenvalue weighted by molar-refractivity contribution is 5.89. The van der Waals surface area contributed by atoms with Gasteiger partial charge in [0.1, 0.15) is 11.6 Å². The Kier molecular flexibility index (Phi) is 6.03. The zero-order valence-electron chi connectivity index (χ0n) is 19.1. The molecular weight excluding hydrogens is 439 g/mol. The lowest BCUT2D eigenvalue weighted by atomic mass is 9.91. The number of carboxylic acid groups (broad SMARTS) is 1. The van der Waals surface area contributed by atoms with E-state index in [0.29, 0.717) is 47.6 Å². The molecule has 0 spiro atoms. The van der Waals surface area contributed by atoms with Crippen LogP contribution in [0.15, 0.2) is 33.6 Å². The van der Waals surface area contributed by atoms with Crippen molar-refractivity contribution in [1.29, 1.82) is 0 Å². The van der Waals surface area contributed by atoms with Crippen molar-refractivity contribution < 1.29 is 18.8 Å². The van der Waals surface area contributed by atoms with E-state index in [0.717, 1.165) is 56.1 Å². The van der Waals surface area contributed by atoms with Gasteiger partial charge in [0.2, 0.25) is 0 Å². The van der Waals surface area contributed by atoms with Crippen LogP contribution in [0.2, 0.25) is 0 Å². The number of hydrogen-bond donors (Lipinski definition) is 1. The van der Waals surface area contributed by atoms with Crippen LogP contribution in [0, 0.1) is 12.7 Å². The maximum absolute atomic E-state index is 13.4. The predicted octanol–water partition coefficient (Wildman–Crippen LogP) is 3.52. The zero-order valence-corrected chi connectivity index (χ0v) is 19.1. The summed E-state index contributed by atoms with van der Waals surface area (Å²) < 4.78 is 20.4. The summed E-state index contributed by atoms with van der Waals surface area (Å²) in [6.45, 7) is 4.91. The van der Waals surface area contributed by atoms with Crippen LogP contribution in [-0.2, 0) is 17.8 Å². The number of benzene rings is 1. The molecule has 9 heteroatoms. The summed E-state index contributed by atoms with van der Waals surface area (Å²) in [6, 6.07) is 4.54. The van der Waals surface area contributed by atoms with Gasteiger partial charge < -0.3 is 14.5 Å². The highest BCUT2D eigenvalue weighted by Gasteiger charge is 2.26. The fourth-order valence-corrected chi connectivity index (χ4v) is 5.19. The van der Waals surface area contributed by atoms with Crippen LogP contribution in [0.4, 0.5) is 4.39 Å². The van der Waals surface area contributed by atoms with Crippen molar-refractivity contribution >= 4 is 22.5 Å². The second kappa shape index (κ2) is 9.13. The largest absolute Gasteiger partial charge is 0.478 e. The Morgan fingerprint density at radius 3 is 2.85 bits per heavy atom. The quantitative estimate of drug-likeness (QED) is 0.574. The van der Waals surface area contributed by atoms with Gasteiger partial charge in [-0.25, -0.2) is 14.2 Å². The van der Waals surface area contributed by atoms with Gasteiger partial charge in [0.25, 0.3) is 5.56 Å². The van der Waals surface area contributed by atoms with E-state index in [1.165, 1.54) is 12.1 Å². The summed E-state index contributed by atoms with van der Waals surface area (Å²) in [5.41, 5.74) is 3.30. The first-order valence-corrected chi connectivity index (χ1v) is 11.7. The Morgan fingerprint density at radius 2 is 2.09 bits per heavy atom. The number of allylic oxidation sites excluding steroid dienone is 1. The van der Waals surface area contributed by atoms with E-state index in [-0.39, 0.29) is 17.3 Å². The monoisotopic (exact) mass is 466 g/mol. The van der Waals surface area contributed by atoms with Gasteiger partial charge in [-0.05, 0) is 64.3 Å². The van der Waals surface area contributed by atoms with Crippen molar-refractivity contribution in [3.05, 3.63) is 63.2 Å². The average molecular weight is 467 g/mol. The molecule has 2 aliphatic heterocycles. The third-order valence-electron chi connectivity index (χ3n) is 7.00. The van der Waals surface area contributed by atoms with E-state index >= 15 is 0 Å². The van der Waals surface area contributed by atoms with Gasteiger partial charge in [0, 0.05) is 53.4 Å². The lowest BCUT2D eigenvalue weighted by molar-refractivity contribution is -0.131. The van der Waals surface area contributed by atoms with Crippen molar-refractivity contribution in [2.24, 2.45) is 0 Å². The summed E-state index contributed by atoms with van der Waals surface area (Å²) in [7, 11) is 0. The molecule has 2 aliphatic rings. The van der Waals surface area contributed by atoms with Crippen LogP contribution < -0.4 is 5.56 Å². The molecule has 4 heterocycles. The van der Waals surface area contributed by atoms with E-state index < -0.39 is 5.97 Å². The molecule has 1 fully saturated rings. The number of rotatable bonds is 5. The van der Waals surface area contributed by atoms with Crippen LogP contribution >= 0.6 is 0 Å². The molecule has 0 atom stereocenters. The first-order valence-electron chi connectivity index (χ1n) is 11.7. The average Bonchev–Trinajstić information content (AvgIpc) is 3.22. The van der Waals surface area contributed by atoms with Crippen molar-refractivity contribution in [3.63, 3.8) is 0 Å². The third kappa shape index (κ3) is 4.27. The molecular formula is C25H27FN4O4. The molecule has 34 heavy (non-hydrogen) atoms. The smallest absolute Gasteiger partial charge is 0.328 e. The number of halogens is 1. The maximum Gasteiger partial charge on any atom is 0.328 e. The first kappa shape index (κ1) is 22.5. The number of aryl methyl sites for hydroxylation is 1. The fourth-order valence-electron chi connectivity index (χ4n) is 5.19. The molecule has 0 amide bonds. The van der Waals surface area contributed by atoms with E-state index in [1.807, 2.05) is 6.92 Å². The molecule has 0 bridgehead atoms. The molecule has 0 radical (unpaired) electrons. The Hall–Kier alpha value is -3.33. The number of carbonyl (C=O) groups is 1. The van der Waals surface area contributed by atoms with Gasteiger partial charge in [0.15, 0.2) is 5.58 Å². The molecule has 5 rings (SSSR count). The second-order valence-electron chi connectivity index (χ2n) is 9.14. The van der Waals surface area contributed by atoms with E-state index in [4.69, 9.17) is 9.63 Å². The van der Waals surface area contributed by atoms with Crippen molar-refractivity contribution in [1.82, 2.24) is 19.6 Å². The molecule has 0 aliphatic carbocycles. The number of hydrogen-bond acceptors (Lipinski definition) is 6. The Morgan fingerprint density at radius 1 is 1.29 bits per heavy atom. The van der Waals surface area contributed by atoms with Crippen molar-refractivity contribution in [2.45, 2.75) is 51.5 Å².